The fraction of sp³-hybridized carbons (Fsp3) is 0.273. The number of allylic oxidation sites excluding steroid dienone is 1. The fourth-order valence-corrected chi connectivity index (χ4v) is 6.23. The van der Waals surface area contributed by atoms with Gasteiger partial charge in [-0.2, -0.15) is 0 Å². The Morgan fingerprint density at radius 2 is 1.38 bits per heavy atom. The summed E-state index contributed by atoms with van der Waals surface area (Å²) in [6.45, 7) is 10.8. The van der Waals surface area contributed by atoms with E-state index in [1.807, 2.05) is 6.07 Å². The first-order chi connectivity index (χ1) is 17.7. The van der Waals surface area contributed by atoms with Crippen LogP contribution in [0.1, 0.15) is 57.1 Å². The maximum Gasteiger partial charge on any atom is 0.466 e. The molecule has 1 aliphatic carbocycles. The second-order valence-electron chi connectivity index (χ2n) is 11.6. The molecule has 184 valence electrons. The van der Waals surface area contributed by atoms with Crippen LogP contribution in [-0.4, -0.2) is 18.3 Å². The van der Waals surface area contributed by atoms with Crippen LogP contribution in [0.15, 0.2) is 83.3 Å². The van der Waals surface area contributed by atoms with Crippen LogP contribution in [0.4, 0.5) is 0 Å². The fourth-order valence-electron chi connectivity index (χ4n) is 6.23. The van der Waals surface area contributed by atoms with Crippen molar-refractivity contribution in [3.8, 4) is 0 Å². The smallest absolute Gasteiger partial charge is 0.455 e. The molecule has 0 amide bonds. The van der Waals surface area contributed by atoms with E-state index in [1.165, 1.54) is 33.0 Å². The van der Waals surface area contributed by atoms with Crippen molar-refractivity contribution in [2.75, 3.05) is 0 Å². The van der Waals surface area contributed by atoms with E-state index >= 15 is 0 Å². The maximum absolute atomic E-state index is 6.67. The SMILES string of the molecule is CC1C(c2c3ccccc3cc3c2oc2ccccc23)=Cc2ccccc2C1B1OC(C)(C)C(C)(C)O1. The van der Waals surface area contributed by atoms with Gasteiger partial charge in [-0.15, -0.1) is 0 Å². The molecule has 3 nitrogen and oxygen atoms in total. The molecule has 2 unspecified atom stereocenters. The normalized spacial score (nSPS) is 22.5. The minimum atomic E-state index is -0.390. The first kappa shape index (κ1) is 22.8. The number of rotatable bonds is 2. The molecule has 0 radical (unpaired) electrons. The standard InChI is InChI=1S/C33H31BO3/c1-20-26(18-22-13-7-9-15-24(22)30(20)34-36-32(2,3)33(4,5)37-34)29-23-14-8-6-12-21(23)19-27-25-16-10-11-17-28(25)35-31(27)29/h6-20,30H,1-5H3. The van der Waals surface area contributed by atoms with E-state index < -0.39 is 0 Å². The quantitative estimate of drug-likeness (QED) is 0.234. The lowest BCUT2D eigenvalue weighted by Crippen LogP contribution is -2.41. The third-order valence-corrected chi connectivity index (χ3v) is 8.94. The van der Waals surface area contributed by atoms with Gasteiger partial charge in [0, 0.05) is 22.2 Å². The molecule has 2 heterocycles. The van der Waals surface area contributed by atoms with Crippen molar-refractivity contribution in [1.82, 2.24) is 0 Å². The van der Waals surface area contributed by atoms with E-state index in [4.69, 9.17) is 13.7 Å². The molecule has 1 aliphatic heterocycles. The number of fused-ring (bicyclic) bond motifs is 5. The third-order valence-electron chi connectivity index (χ3n) is 8.94. The molecule has 7 rings (SSSR count). The van der Waals surface area contributed by atoms with Gasteiger partial charge in [0.25, 0.3) is 0 Å². The van der Waals surface area contributed by atoms with Gasteiger partial charge in [0.2, 0.25) is 0 Å². The highest BCUT2D eigenvalue weighted by atomic mass is 16.7. The zero-order valence-electron chi connectivity index (χ0n) is 22.0. The van der Waals surface area contributed by atoms with E-state index in [0.717, 1.165) is 21.9 Å². The predicted molar refractivity (Wildman–Crippen MR) is 154 cm³/mol. The van der Waals surface area contributed by atoms with Crippen LogP contribution in [0.5, 0.6) is 0 Å². The van der Waals surface area contributed by atoms with Gasteiger partial charge in [-0.25, -0.2) is 0 Å². The molecule has 4 heteroatoms. The summed E-state index contributed by atoms with van der Waals surface area (Å²) >= 11 is 0. The Labute approximate surface area is 218 Å². The summed E-state index contributed by atoms with van der Waals surface area (Å²) in [5, 5.41) is 4.73. The average Bonchev–Trinajstić information content (AvgIpc) is 3.34. The summed E-state index contributed by atoms with van der Waals surface area (Å²) < 4.78 is 19.9. The first-order valence-electron chi connectivity index (χ1n) is 13.2. The van der Waals surface area contributed by atoms with Crippen LogP contribution in [0.2, 0.25) is 0 Å². The van der Waals surface area contributed by atoms with Gasteiger partial charge in [-0.05, 0) is 73.2 Å². The molecular weight excluding hydrogens is 455 g/mol. The molecule has 0 saturated carbocycles. The second-order valence-corrected chi connectivity index (χ2v) is 11.6. The summed E-state index contributed by atoms with van der Waals surface area (Å²) in [6, 6.07) is 27.9. The number of hydrogen-bond acceptors (Lipinski definition) is 3. The molecule has 2 atom stereocenters. The van der Waals surface area contributed by atoms with Gasteiger partial charge in [0.15, 0.2) is 0 Å². The summed E-state index contributed by atoms with van der Waals surface area (Å²) in [4.78, 5) is 0. The molecule has 4 aromatic carbocycles. The number of benzene rings is 4. The Balaban J connectivity index is 1.50. The van der Waals surface area contributed by atoms with Gasteiger partial charge in [-0.1, -0.05) is 79.7 Å². The zero-order chi connectivity index (χ0) is 25.5. The van der Waals surface area contributed by atoms with E-state index in [-0.39, 0.29) is 30.1 Å². The highest BCUT2D eigenvalue weighted by Crippen LogP contribution is 2.51. The van der Waals surface area contributed by atoms with Crippen LogP contribution in [0.25, 0.3) is 44.4 Å². The lowest BCUT2D eigenvalue weighted by molar-refractivity contribution is 0.00578. The first-order valence-corrected chi connectivity index (χ1v) is 13.2. The van der Waals surface area contributed by atoms with E-state index in [2.05, 4.69) is 113 Å². The lowest BCUT2D eigenvalue weighted by atomic mass is 9.56. The van der Waals surface area contributed by atoms with Crippen LogP contribution in [0, 0.1) is 5.92 Å². The lowest BCUT2D eigenvalue weighted by Gasteiger charge is -2.34. The molecule has 1 saturated heterocycles. The molecule has 0 N–H and O–H groups in total. The molecule has 37 heavy (non-hydrogen) atoms. The number of hydrogen-bond donors (Lipinski definition) is 0. The summed E-state index contributed by atoms with van der Waals surface area (Å²) in [5.74, 6) is 0.197. The van der Waals surface area contributed by atoms with E-state index in [1.54, 1.807) is 0 Å². The molecule has 0 spiro atoms. The Morgan fingerprint density at radius 3 is 2.16 bits per heavy atom. The van der Waals surface area contributed by atoms with Crippen LogP contribution in [-0.2, 0) is 9.31 Å². The van der Waals surface area contributed by atoms with Gasteiger partial charge in [0.1, 0.15) is 11.2 Å². The third kappa shape index (κ3) is 3.29. The minimum absolute atomic E-state index is 0.0515. The molecule has 5 aromatic rings. The van der Waals surface area contributed by atoms with Gasteiger partial charge >= 0.3 is 7.12 Å². The zero-order valence-corrected chi connectivity index (χ0v) is 22.0. The van der Waals surface area contributed by atoms with Crippen molar-refractivity contribution in [2.24, 2.45) is 5.92 Å². The number of para-hydroxylation sites is 1. The van der Waals surface area contributed by atoms with Gasteiger partial charge in [0.05, 0.1) is 11.2 Å². The van der Waals surface area contributed by atoms with E-state index in [0.29, 0.717) is 0 Å². The minimum Gasteiger partial charge on any atom is -0.455 e. The van der Waals surface area contributed by atoms with Gasteiger partial charge < -0.3 is 13.7 Å². The summed E-state index contributed by atoms with van der Waals surface area (Å²) in [5.41, 5.74) is 6.02. The highest BCUT2D eigenvalue weighted by molar-refractivity contribution is 6.48. The molecule has 0 bridgehead atoms. The summed E-state index contributed by atoms with van der Waals surface area (Å²) in [6.07, 6.45) is 2.36. The van der Waals surface area contributed by atoms with Crippen LogP contribution >= 0.6 is 0 Å². The topological polar surface area (TPSA) is 31.6 Å². The summed E-state index contributed by atoms with van der Waals surface area (Å²) in [7, 11) is -0.342. The van der Waals surface area contributed by atoms with Crippen molar-refractivity contribution < 1.29 is 13.7 Å². The molecule has 2 aliphatic rings. The van der Waals surface area contributed by atoms with Gasteiger partial charge in [-0.3, -0.25) is 0 Å². The predicted octanol–water partition coefficient (Wildman–Crippen LogP) is 8.64. The van der Waals surface area contributed by atoms with Crippen LogP contribution in [0.3, 0.4) is 0 Å². The Bertz CT molecular complexity index is 1710. The molecular formula is C33H31BO3. The Kier molecular flexibility index (Phi) is 4.83. The molecule has 1 fully saturated rings. The van der Waals surface area contributed by atoms with Crippen molar-refractivity contribution in [1.29, 1.82) is 0 Å². The van der Waals surface area contributed by atoms with Crippen LogP contribution < -0.4 is 0 Å². The van der Waals surface area contributed by atoms with Crippen molar-refractivity contribution in [2.45, 2.75) is 51.6 Å². The Morgan fingerprint density at radius 1 is 0.730 bits per heavy atom. The Hall–Kier alpha value is -3.34. The largest absolute Gasteiger partial charge is 0.466 e. The van der Waals surface area contributed by atoms with Crippen molar-refractivity contribution in [3.63, 3.8) is 0 Å². The molecule has 1 aromatic heterocycles. The second kappa shape index (κ2) is 7.83. The highest BCUT2D eigenvalue weighted by Gasteiger charge is 2.56. The van der Waals surface area contributed by atoms with Crippen molar-refractivity contribution in [3.05, 3.63) is 95.6 Å². The van der Waals surface area contributed by atoms with Crippen molar-refractivity contribution >= 4 is 51.5 Å². The average molecular weight is 486 g/mol. The van der Waals surface area contributed by atoms with E-state index in [9.17, 15) is 0 Å². The monoisotopic (exact) mass is 486 g/mol. The number of furan rings is 1. The maximum atomic E-state index is 6.67.